The van der Waals surface area contributed by atoms with E-state index in [1.807, 2.05) is 41.4 Å². The van der Waals surface area contributed by atoms with Gasteiger partial charge in [0.25, 0.3) is 5.91 Å². The van der Waals surface area contributed by atoms with Gasteiger partial charge in [0.1, 0.15) is 11.6 Å². The van der Waals surface area contributed by atoms with E-state index < -0.39 is 0 Å². The number of rotatable bonds is 6. The fourth-order valence-electron chi connectivity index (χ4n) is 3.96. The third-order valence-electron chi connectivity index (χ3n) is 5.67. The SMILES string of the molecule is O=C(COc1ccccc1)N1CCC[C@H](c2nccn2CC2CCC2)C1. The van der Waals surface area contributed by atoms with E-state index in [9.17, 15) is 4.79 Å². The van der Waals surface area contributed by atoms with Crippen LogP contribution in [0.1, 0.15) is 43.8 Å². The lowest BCUT2D eigenvalue weighted by molar-refractivity contribution is -0.134. The molecule has 2 aromatic rings. The molecule has 2 aliphatic rings. The van der Waals surface area contributed by atoms with E-state index in [4.69, 9.17) is 4.74 Å². The molecule has 1 aliphatic heterocycles. The molecule has 1 aromatic heterocycles. The fourth-order valence-corrected chi connectivity index (χ4v) is 3.96. The summed E-state index contributed by atoms with van der Waals surface area (Å²) in [5, 5.41) is 0. The second-order valence-corrected chi connectivity index (χ2v) is 7.52. The number of carbonyl (C=O) groups excluding carboxylic acids is 1. The molecule has 0 unspecified atom stereocenters. The lowest BCUT2D eigenvalue weighted by atomic mass is 9.85. The maximum atomic E-state index is 12.6. The predicted octanol–water partition coefficient (Wildman–Crippen LogP) is 3.47. The summed E-state index contributed by atoms with van der Waals surface area (Å²) in [4.78, 5) is 19.2. The monoisotopic (exact) mass is 353 g/mol. The quantitative estimate of drug-likeness (QED) is 0.799. The van der Waals surface area contributed by atoms with Crippen LogP contribution in [0, 0.1) is 5.92 Å². The third kappa shape index (κ3) is 3.92. The number of hydrogen-bond acceptors (Lipinski definition) is 3. The maximum absolute atomic E-state index is 12.6. The Balaban J connectivity index is 1.35. The highest BCUT2D eigenvalue weighted by molar-refractivity contribution is 5.78. The smallest absolute Gasteiger partial charge is 0.260 e. The molecular formula is C21H27N3O2. The Hall–Kier alpha value is -2.30. The minimum atomic E-state index is 0.0654. The van der Waals surface area contributed by atoms with Crippen molar-refractivity contribution in [1.82, 2.24) is 14.5 Å². The van der Waals surface area contributed by atoms with E-state index in [0.29, 0.717) is 5.92 Å². The second-order valence-electron chi connectivity index (χ2n) is 7.52. The van der Waals surface area contributed by atoms with Crippen LogP contribution >= 0.6 is 0 Å². The molecule has 0 N–H and O–H groups in total. The molecule has 4 rings (SSSR count). The number of likely N-dealkylation sites (tertiary alicyclic amines) is 1. The number of para-hydroxylation sites is 1. The van der Waals surface area contributed by atoms with Crippen LogP contribution in [0.5, 0.6) is 5.75 Å². The maximum Gasteiger partial charge on any atom is 0.260 e. The van der Waals surface area contributed by atoms with Gasteiger partial charge in [-0.3, -0.25) is 4.79 Å². The van der Waals surface area contributed by atoms with Crippen LogP contribution in [-0.2, 0) is 11.3 Å². The number of nitrogens with zero attached hydrogens (tertiary/aromatic N) is 3. The molecule has 1 aromatic carbocycles. The number of imidazole rings is 1. The van der Waals surface area contributed by atoms with Gasteiger partial charge in [0.05, 0.1) is 0 Å². The molecule has 138 valence electrons. The Kier molecular flexibility index (Phi) is 5.23. The highest BCUT2D eigenvalue weighted by atomic mass is 16.5. The Morgan fingerprint density at radius 3 is 2.77 bits per heavy atom. The van der Waals surface area contributed by atoms with Gasteiger partial charge in [-0.05, 0) is 43.7 Å². The number of benzene rings is 1. The van der Waals surface area contributed by atoms with Crippen LogP contribution in [-0.4, -0.2) is 40.1 Å². The summed E-state index contributed by atoms with van der Waals surface area (Å²) in [5.41, 5.74) is 0. The van der Waals surface area contributed by atoms with Crippen molar-refractivity contribution in [2.75, 3.05) is 19.7 Å². The Morgan fingerprint density at radius 2 is 2.00 bits per heavy atom. The summed E-state index contributed by atoms with van der Waals surface area (Å²) in [5.74, 6) is 3.10. The minimum Gasteiger partial charge on any atom is -0.484 e. The normalized spacial score (nSPS) is 20.6. The molecule has 0 bridgehead atoms. The lowest BCUT2D eigenvalue weighted by Gasteiger charge is -2.33. The van der Waals surface area contributed by atoms with E-state index in [0.717, 1.165) is 50.0 Å². The summed E-state index contributed by atoms with van der Waals surface area (Å²) in [6.07, 6.45) is 10.2. The molecule has 1 amide bonds. The number of piperidine rings is 1. The highest BCUT2D eigenvalue weighted by Crippen LogP contribution is 2.31. The molecule has 1 saturated carbocycles. The minimum absolute atomic E-state index is 0.0654. The van der Waals surface area contributed by atoms with Gasteiger partial charge < -0.3 is 14.2 Å². The van der Waals surface area contributed by atoms with E-state index in [2.05, 4.69) is 15.7 Å². The zero-order valence-corrected chi connectivity index (χ0v) is 15.2. The van der Waals surface area contributed by atoms with Gasteiger partial charge in [0, 0.05) is 37.9 Å². The van der Waals surface area contributed by atoms with E-state index >= 15 is 0 Å². The molecule has 1 atom stereocenters. The first-order valence-electron chi connectivity index (χ1n) is 9.76. The fraction of sp³-hybridized carbons (Fsp3) is 0.524. The number of hydrogen-bond donors (Lipinski definition) is 0. The van der Waals surface area contributed by atoms with Gasteiger partial charge >= 0.3 is 0 Å². The molecule has 5 heteroatoms. The molecule has 26 heavy (non-hydrogen) atoms. The van der Waals surface area contributed by atoms with Crippen molar-refractivity contribution in [2.24, 2.45) is 5.92 Å². The summed E-state index contributed by atoms with van der Waals surface area (Å²) < 4.78 is 7.96. The van der Waals surface area contributed by atoms with Crippen molar-refractivity contribution in [3.63, 3.8) is 0 Å². The second kappa shape index (κ2) is 7.94. The number of amides is 1. The molecule has 1 saturated heterocycles. The van der Waals surface area contributed by atoms with Crippen molar-refractivity contribution in [3.05, 3.63) is 48.5 Å². The van der Waals surface area contributed by atoms with Gasteiger partial charge in [-0.2, -0.15) is 0 Å². The molecule has 2 heterocycles. The largest absolute Gasteiger partial charge is 0.484 e. The Labute approximate surface area is 155 Å². The number of aromatic nitrogens is 2. The van der Waals surface area contributed by atoms with E-state index in [1.54, 1.807) is 0 Å². The van der Waals surface area contributed by atoms with Crippen molar-refractivity contribution in [2.45, 2.75) is 44.6 Å². The van der Waals surface area contributed by atoms with Crippen LogP contribution in [0.15, 0.2) is 42.7 Å². The van der Waals surface area contributed by atoms with Gasteiger partial charge in [0.15, 0.2) is 6.61 Å². The topological polar surface area (TPSA) is 47.4 Å². The summed E-state index contributed by atoms with van der Waals surface area (Å²) >= 11 is 0. The average Bonchev–Trinajstić information content (AvgIpc) is 3.12. The van der Waals surface area contributed by atoms with Gasteiger partial charge in [-0.1, -0.05) is 24.6 Å². The standard InChI is InChI=1S/C21H27N3O2/c25-20(16-26-19-9-2-1-3-10-19)23-12-5-8-18(15-23)21-22-11-13-24(21)14-17-6-4-7-17/h1-3,9-11,13,17-18H,4-8,12,14-16H2/t18-/m0/s1. The Morgan fingerprint density at radius 1 is 1.15 bits per heavy atom. The molecule has 1 aliphatic carbocycles. The first-order valence-corrected chi connectivity index (χ1v) is 9.76. The number of carbonyl (C=O) groups is 1. The van der Waals surface area contributed by atoms with Gasteiger partial charge in [-0.15, -0.1) is 0 Å². The lowest BCUT2D eigenvalue weighted by Crippen LogP contribution is -2.42. The first kappa shape index (κ1) is 17.1. The summed E-state index contributed by atoms with van der Waals surface area (Å²) in [6, 6.07) is 9.53. The average molecular weight is 353 g/mol. The van der Waals surface area contributed by atoms with Crippen LogP contribution in [0.4, 0.5) is 0 Å². The zero-order valence-electron chi connectivity index (χ0n) is 15.2. The highest BCUT2D eigenvalue weighted by Gasteiger charge is 2.28. The molecule has 0 spiro atoms. The third-order valence-corrected chi connectivity index (χ3v) is 5.67. The van der Waals surface area contributed by atoms with E-state index in [1.165, 1.54) is 19.3 Å². The van der Waals surface area contributed by atoms with E-state index in [-0.39, 0.29) is 12.5 Å². The number of ether oxygens (including phenoxy) is 1. The predicted molar refractivity (Wildman–Crippen MR) is 100 cm³/mol. The summed E-state index contributed by atoms with van der Waals surface area (Å²) in [6.45, 7) is 2.75. The van der Waals surface area contributed by atoms with Crippen molar-refractivity contribution in [3.8, 4) is 5.75 Å². The first-order chi connectivity index (χ1) is 12.8. The van der Waals surface area contributed by atoms with Crippen LogP contribution < -0.4 is 4.74 Å². The van der Waals surface area contributed by atoms with Crippen molar-refractivity contribution >= 4 is 5.91 Å². The van der Waals surface area contributed by atoms with Crippen LogP contribution in [0.2, 0.25) is 0 Å². The molecule has 5 nitrogen and oxygen atoms in total. The van der Waals surface area contributed by atoms with Crippen LogP contribution in [0.25, 0.3) is 0 Å². The van der Waals surface area contributed by atoms with Crippen molar-refractivity contribution in [1.29, 1.82) is 0 Å². The van der Waals surface area contributed by atoms with Gasteiger partial charge in [-0.25, -0.2) is 4.98 Å². The molecule has 0 radical (unpaired) electrons. The zero-order chi connectivity index (χ0) is 17.8. The van der Waals surface area contributed by atoms with Crippen LogP contribution in [0.3, 0.4) is 0 Å². The van der Waals surface area contributed by atoms with Gasteiger partial charge in [0.2, 0.25) is 0 Å². The summed E-state index contributed by atoms with van der Waals surface area (Å²) in [7, 11) is 0. The molecule has 2 fully saturated rings. The van der Waals surface area contributed by atoms with Crippen molar-refractivity contribution < 1.29 is 9.53 Å². The molecular weight excluding hydrogens is 326 g/mol. The Bertz CT molecular complexity index is 724.